The molecule has 7 nitrogen and oxygen atoms in total. The zero-order valence-corrected chi connectivity index (χ0v) is 15.8. The van der Waals surface area contributed by atoms with Crippen LogP contribution >= 0.6 is 22.9 Å². The van der Waals surface area contributed by atoms with Crippen molar-refractivity contribution < 1.29 is 26.3 Å². The van der Waals surface area contributed by atoms with E-state index in [-0.39, 0.29) is 32.8 Å². The van der Waals surface area contributed by atoms with E-state index in [1.54, 1.807) is 0 Å². The lowest BCUT2D eigenvalue weighted by Gasteiger charge is -2.06. The summed E-state index contributed by atoms with van der Waals surface area (Å²) < 4.78 is 80.4. The van der Waals surface area contributed by atoms with Gasteiger partial charge in [-0.3, -0.25) is 9.89 Å². The molecule has 0 aliphatic heterocycles. The second kappa shape index (κ2) is 6.84. The lowest BCUT2D eigenvalue weighted by molar-refractivity contribution is -0.141. The molecule has 0 aliphatic rings. The molecule has 4 heterocycles. The first-order chi connectivity index (χ1) is 13.9. The first kappa shape index (κ1) is 20.4. The molecule has 0 aliphatic carbocycles. The third-order valence-corrected chi connectivity index (χ3v) is 5.31. The average Bonchev–Trinajstić information content (AvgIpc) is 3.32. The topological polar surface area (TPSA) is 80.9 Å². The molecule has 0 amide bonds. The van der Waals surface area contributed by atoms with Gasteiger partial charge in [-0.1, -0.05) is 22.9 Å². The second-order valence-corrected chi connectivity index (χ2v) is 7.32. The smallest absolute Gasteiger partial charge is 0.276 e. The molecule has 15 heteroatoms. The van der Waals surface area contributed by atoms with E-state index in [0.29, 0.717) is 6.07 Å². The summed E-state index contributed by atoms with van der Waals surface area (Å²) in [6.07, 6.45) is -8.29. The molecular weight excluding hydrogens is 462 g/mol. The van der Waals surface area contributed by atoms with Gasteiger partial charge in [0, 0.05) is 18.3 Å². The maximum Gasteiger partial charge on any atom is 0.435 e. The molecule has 0 saturated carbocycles. The van der Waals surface area contributed by atoms with E-state index in [4.69, 9.17) is 11.6 Å². The lowest BCUT2D eigenvalue weighted by Crippen LogP contribution is -2.18. The van der Waals surface area contributed by atoms with Crippen LogP contribution in [-0.4, -0.2) is 29.4 Å². The Kier molecular flexibility index (Phi) is 4.65. The highest BCUT2D eigenvalue weighted by Crippen LogP contribution is 2.41. The van der Waals surface area contributed by atoms with Crippen molar-refractivity contribution >= 4 is 27.9 Å². The molecule has 0 bridgehead atoms. The van der Waals surface area contributed by atoms with Crippen LogP contribution in [0.1, 0.15) is 16.3 Å². The largest absolute Gasteiger partial charge is 0.435 e. The fraction of sp³-hybridized carbons (Fsp3) is 0.200. The minimum absolute atomic E-state index is 0.0461. The summed E-state index contributed by atoms with van der Waals surface area (Å²) >= 11 is 5.97. The zero-order valence-electron chi connectivity index (χ0n) is 14.2. The van der Waals surface area contributed by atoms with Gasteiger partial charge in [0.05, 0.1) is 23.6 Å². The van der Waals surface area contributed by atoms with Crippen molar-refractivity contribution in [2.45, 2.75) is 18.9 Å². The highest BCUT2D eigenvalue weighted by molar-refractivity contribution is 7.17. The Morgan fingerprint density at radius 1 is 1.13 bits per heavy atom. The Balaban J connectivity index is 1.84. The third kappa shape index (κ3) is 3.56. The molecule has 0 spiro atoms. The number of fused-ring (bicyclic) bond motifs is 1. The van der Waals surface area contributed by atoms with Gasteiger partial charge < -0.3 is 0 Å². The molecule has 1 N–H and O–H groups in total. The molecule has 4 rings (SSSR count). The van der Waals surface area contributed by atoms with Crippen molar-refractivity contribution in [3.8, 4) is 11.4 Å². The molecule has 0 unspecified atom stereocenters. The monoisotopic (exact) mass is 468 g/mol. The lowest BCUT2D eigenvalue weighted by atomic mass is 10.2. The predicted octanol–water partition coefficient (Wildman–Crippen LogP) is 4.08. The number of alkyl halides is 6. The number of aromatic nitrogens is 6. The van der Waals surface area contributed by atoms with Crippen LogP contribution in [0.15, 0.2) is 29.2 Å². The average molecular weight is 469 g/mol. The van der Waals surface area contributed by atoms with Crippen LogP contribution in [0.25, 0.3) is 16.3 Å². The van der Waals surface area contributed by atoms with E-state index in [9.17, 15) is 31.1 Å². The van der Waals surface area contributed by atoms with Crippen LogP contribution in [0.2, 0.25) is 5.15 Å². The van der Waals surface area contributed by atoms with Gasteiger partial charge in [-0.2, -0.15) is 36.5 Å². The van der Waals surface area contributed by atoms with E-state index in [0.717, 1.165) is 15.1 Å². The standard InChI is InChI=1S/C15H7ClF6N6OS/c16-9-4-8(14(17,18)19)26-27(9)5-6-3-10(29)28-11(7-1-2-23-25-7)12(15(20,21)22)30-13(28)24-6/h1-4H,5H2,(H,23,25). The summed E-state index contributed by atoms with van der Waals surface area (Å²) in [5.74, 6) is 0. The summed E-state index contributed by atoms with van der Waals surface area (Å²) in [6.45, 7) is -0.445. The number of hydrogen-bond donors (Lipinski definition) is 1. The van der Waals surface area contributed by atoms with Gasteiger partial charge >= 0.3 is 12.4 Å². The van der Waals surface area contributed by atoms with Gasteiger partial charge in [-0.05, 0) is 6.07 Å². The number of halogens is 7. The number of hydrogen-bond acceptors (Lipinski definition) is 5. The van der Waals surface area contributed by atoms with Crippen molar-refractivity contribution in [1.29, 1.82) is 0 Å². The summed E-state index contributed by atoms with van der Waals surface area (Å²) in [7, 11) is 0. The molecular formula is C15H7ClF6N6OS. The van der Waals surface area contributed by atoms with Crippen LogP contribution in [0.5, 0.6) is 0 Å². The van der Waals surface area contributed by atoms with E-state index in [2.05, 4.69) is 20.3 Å². The molecule has 0 aromatic carbocycles. The van der Waals surface area contributed by atoms with Crippen LogP contribution < -0.4 is 5.56 Å². The van der Waals surface area contributed by atoms with Gasteiger partial charge in [0.25, 0.3) is 5.56 Å². The normalized spacial score (nSPS) is 12.8. The van der Waals surface area contributed by atoms with Crippen molar-refractivity contribution in [2.24, 2.45) is 0 Å². The van der Waals surface area contributed by atoms with Gasteiger partial charge in [0.15, 0.2) is 10.7 Å². The van der Waals surface area contributed by atoms with E-state index >= 15 is 0 Å². The molecule has 0 radical (unpaired) electrons. The highest BCUT2D eigenvalue weighted by Gasteiger charge is 2.39. The molecule has 158 valence electrons. The predicted molar refractivity (Wildman–Crippen MR) is 93.3 cm³/mol. The van der Waals surface area contributed by atoms with Gasteiger partial charge in [-0.25, -0.2) is 14.1 Å². The Labute approximate surface area is 170 Å². The van der Waals surface area contributed by atoms with Gasteiger partial charge in [-0.15, -0.1) is 0 Å². The van der Waals surface area contributed by atoms with Crippen molar-refractivity contribution in [1.82, 2.24) is 29.4 Å². The van der Waals surface area contributed by atoms with Gasteiger partial charge in [0.2, 0.25) is 0 Å². The summed E-state index contributed by atoms with van der Waals surface area (Å²) in [6, 6.07) is 2.76. The molecule has 0 atom stereocenters. The van der Waals surface area contributed by atoms with Crippen LogP contribution in [0.4, 0.5) is 26.3 Å². The molecule has 4 aromatic heterocycles. The molecule has 30 heavy (non-hydrogen) atoms. The van der Waals surface area contributed by atoms with E-state index < -0.39 is 40.7 Å². The van der Waals surface area contributed by atoms with Crippen molar-refractivity contribution in [3.63, 3.8) is 0 Å². The maximum atomic E-state index is 13.5. The number of nitrogens with zero attached hydrogens (tertiary/aromatic N) is 5. The number of aromatic amines is 1. The number of thiazole rings is 1. The quantitative estimate of drug-likeness (QED) is 0.459. The fourth-order valence-electron chi connectivity index (χ4n) is 2.72. The maximum absolute atomic E-state index is 13.5. The van der Waals surface area contributed by atoms with Crippen molar-refractivity contribution in [2.75, 3.05) is 0 Å². The Bertz CT molecular complexity index is 1290. The van der Waals surface area contributed by atoms with Crippen molar-refractivity contribution in [3.05, 3.63) is 56.2 Å². The zero-order chi connectivity index (χ0) is 21.8. The minimum atomic E-state index is -4.78. The second-order valence-electron chi connectivity index (χ2n) is 5.96. The SMILES string of the molecule is O=c1cc(Cn2nc(C(F)(F)F)cc2Cl)nc2sc(C(F)(F)F)c(-c3ccn[nH]3)n12. The van der Waals surface area contributed by atoms with Crippen LogP contribution in [-0.2, 0) is 18.9 Å². The third-order valence-electron chi connectivity index (χ3n) is 3.92. The first-order valence-corrected chi connectivity index (χ1v) is 9.07. The molecule has 4 aromatic rings. The number of nitrogens with one attached hydrogen (secondary N) is 1. The number of rotatable bonds is 3. The summed E-state index contributed by atoms with van der Waals surface area (Å²) in [5.41, 5.74) is -2.71. The minimum Gasteiger partial charge on any atom is -0.276 e. The van der Waals surface area contributed by atoms with E-state index in [1.807, 2.05) is 0 Å². The van der Waals surface area contributed by atoms with Crippen LogP contribution in [0.3, 0.4) is 0 Å². The Hall–Kier alpha value is -2.87. The van der Waals surface area contributed by atoms with Gasteiger partial charge in [0.1, 0.15) is 10.0 Å². The summed E-state index contributed by atoms with van der Waals surface area (Å²) in [5, 5.41) is 8.92. The molecule has 0 fully saturated rings. The van der Waals surface area contributed by atoms with Crippen LogP contribution in [0, 0.1) is 0 Å². The first-order valence-electron chi connectivity index (χ1n) is 7.88. The highest BCUT2D eigenvalue weighted by atomic mass is 35.5. The Morgan fingerprint density at radius 3 is 2.43 bits per heavy atom. The fourth-order valence-corrected chi connectivity index (χ4v) is 3.96. The summed E-state index contributed by atoms with van der Waals surface area (Å²) in [4.78, 5) is 15.2. The Morgan fingerprint density at radius 2 is 1.87 bits per heavy atom. The van der Waals surface area contributed by atoms with E-state index in [1.165, 1.54) is 12.3 Å². The number of H-pyrrole nitrogens is 1. The molecule has 0 saturated heterocycles.